The number of methoxy groups -OCH3 is 1. The maximum atomic E-state index is 12.2. The van der Waals surface area contributed by atoms with Crippen molar-refractivity contribution in [3.63, 3.8) is 0 Å². The first kappa shape index (κ1) is 17.3. The molecule has 24 heavy (non-hydrogen) atoms. The number of carbonyl (C=O) groups excluding carboxylic acids is 1. The predicted octanol–water partition coefficient (Wildman–Crippen LogP) is 3.93. The molecule has 0 amide bonds. The van der Waals surface area contributed by atoms with Gasteiger partial charge in [0, 0.05) is 11.8 Å². The van der Waals surface area contributed by atoms with Gasteiger partial charge in [-0.2, -0.15) is 0 Å². The van der Waals surface area contributed by atoms with E-state index in [9.17, 15) is 9.90 Å². The number of para-hydroxylation sites is 2. The van der Waals surface area contributed by atoms with Gasteiger partial charge in [0.2, 0.25) is 0 Å². The fourth-order valence-corrected chi connectivity index (χ4v) is 2.04. The maximum absolute atomic E-state index is 12.2. The average molecular weight is 325 g/mol. The Morgan fingerprint density at radius 1 is 1.12 bits per heavy atom. The Hall–Kier alpha value is -3.08. The topological polar surface area (TPSA) is 68.1 Å². The molecule has 2 rings (SSSR count). The molecule has 0 aliphatic carbocycles. The molecule has 5 heteroatoms. The van der Waals surface area contributed by atoms with Crippen LogP contribution in [0.25, 0.3) is 5.76 Å². The molecule has 0 spiro atoms. The number of hydrogen-bond acceptors (Lipinski definition) is 5. The highest BCUT2D eigenvalue weighted by atomic mass is 16.5. The summed E-state index contributed by atoms with van der Waals surface area (Å²) < 4.78 is 10.2. The van der Waals surface area contributed by atoms with Gasteiger partial charge in [0.25, 0.3) is 0 Å². The summed E-state index contributed by atoms with van der Waals surface area (Å²) in [4.78, 5) is 16.4. The van der Waals surface area contributed by atoms with Gasteiger partial charge in [0.15, 0.2) is 0 Å². The van der Waals surface area contributed by atoms with Crippen LogP contribution in [0.5, 0.6) is 5.75 Å². The molecule has 1 N–H and O–H groups in total. The lowest BCUT2D eigenvalue weighted by atomic mass is 10.1. The standard InChI is InChI=1S/C19H19NO4/c1-3-24-19(22)15(18(21)14-9-5-4-6-10-14)13-20-16-11-7-8-12-17(16)23-2/h4-13,21H,3H2,1-2H3/b18-15-,20-13?. The Labute approximate surface area is 140 Å². The van der Waals surface area contributed by atoms with Gasteiger partial charge in [-0.1, -0.05) is 42.5 Å². The second kappa shape index (κ2) is 8.53. The van der Waals surface area contributed by atoms with Crippen LogP contribution >= 0.6 is 0 Å². The van der Waals surface area contributed by atoms with Gasteiger partial charge < -0.3 is 14.6 Å². The summed E-state index contributed by atoms with van der Waals surface area (Å²) in [6, 6.07) is 15.9. The Balaban J connectivity index is 2.44. The van der Waals surface area contributed by atoms with E-state index in [1.54, 1.807) is 49.4 Å². The van der Waals surface area contributed by atoms with Crippen molar-refractivity contribution in [3.8, 4) is 5.75 Å². The normalized spacial score (nSPS) is 11.9. The number of aliphatic hydroxyl groups excluding tert-OH is 1. The number of benzene rings is 2. The molecule has 0 radical (unpaired) electrons. The van der Waals surface area contributed by atoms with Crippen molar-refractivity contribution < 1.29 is 19.4 Å². The summed E-state index contributed by atoms with van der Waals surface area (Å²) in [6.45, 7) is 1.90. The van der Waals surface area contributed by atoms with E-state index in [0.717, 1.165) is 0 Å². The second-order valence-electron chi connectivity index (χ2n) is 4.78. The average Bonchev–Trinajstić information content (AvgIpc) is 2.63. The van der Waals surface area contributed by atoms with E-state index in [-0.39, 0.29) is 17.9 Å². The lowest BCUT2D eigenvalue weighted by molar-refractivity contribution is -0.137. The first-order chi connectivity index (χ1) is 11.7. The van der Waals surface area contributed by atoms with E-state index in [2.05, 4.69) is 4.99 Å². The van der Waals surface area contributed by atoms with Crippen molar-refractivity contribution in [1.82, 2.24) is 0 Å². The van der Waals surface area contributed by atoms with Gasteiger partial charge >= 0.3 is 5.97 Å². The zero-order chi connectivity index (χ0) is 17.4. The summed E-state index contributed by atoms with van der Waals surface area (Å²) in [5.74, 6) is -0.263. The van der Waals surface area contributed by atoms with Crippen LogP contribution in [0.2, 0.25) is 0 Å². The summed E-state index contributed by atoms with van der Waals surface area (Å²) in [6.07, 6.45) is 1.29. The smallest absolute Gasteiger partial charge is 0.343 e. The summed E-state index contributed by atoms with van der Waals surface area (Å²) in [5.41, 5.74) is 1.03. The Morgan fingerprint density at radius 2 is 1.79 bits per heavy atom. The van der Waals surface area contributed by atoms with Gasteiger partial charge in [-0.3, -0.25) is 4.99 Å². The third-order valence-corrected chi connectivity index (χ3v) is 3.22. The molecule has 124 valence electrons. The van der Waals surface area contributed by atoms with Crippen LogP contribution in [0.4, 0.5) is 5.69 Å². The SMILES string of the molecule is CCOC(=O)/C(C=Nc1ccccc1OC)=C(\O)c1ccccc1. The Kier molecular flexibility index (Phi) is 6.14. The van der Waals surface area contributed by atoms with E-state index < -0.39 is 5.97 Å². The van der Waals surface area contributed by atoms with Crippen LogP contribution in [0.1, 0.15) is 12.5 Å². The third-order valence-electron chi connectivity index (χ3n) is 3.22. The third kappa shape index (κ3) is 4.23. The van der Waals surface area contributed by atoms with E-state index in [0.29, 0.717) is 17.0 Å². The fourth-order valence-electron chi connectivity index (χ4n) is 2.04. The summed E-state index contributed by atoms with van der Waals surface area (Å²) in [7, 11) is 1.54. The van der Waals surface area contributed by atoms with Gasteiger partial charge in [-0.25, -0.2) is 4.79 Å². The molecule has 0 saturated heterocycles. The van der Waals surface area contributed by atoms with Crippen LogP contribution in [0.3, 0.4) is 0 Å². The van der Waals surface area contributed by atoms with Crippen LogP contribution in [-0.4, -0.2) is 31.0 Å². The number of carbonyl (C=O) groups is 1. The lowest BCUT2D eigenvalue weighted by Crippen LogP contribution is -2.11. The van der Waals surface area contributed by atoms with Gasteiger partial charge in [0.1, 0.15) is 22.8 Å². The molecule has 0 heterocycles. The van der Waals surface area contributed by atoms with Crippen molar-refractivity contribution in [2.24, 2.45) is 4.99 Å². The summed E-state index contributed by atoms with van der Waals surface area (Å²) >= 11 is 0. The molecular weight excluding hydrogens is 306 g/mol. The first-order valence-electron chi connectivity index (χ1n) is 7.50. The van der Waals surface area contributed by atoms with E-state index in [1.165, 1.54) is 13.3 Å². The quantitative estimate of drug-likeness (QED) is 0.378. The predicted molar refractivity (Wildman–Crippen MR) is 93.8 cm³/mol. The van der Waals surface area contributed by atoms with E-state index in [4.69, 9.17) is 9.47 Å². The first-order valence-corrected chi connectivity index (χ1v) is 7.50. The van der Waals surface area contributed by atoms with Crippen molar-refractivity contribution in [2.75, 3.05) is 13.7 Å². The zero-order valence-electron chi connectivity index (χ0n) is 13.6. The molecule has 0 aliphatic rings. The van der Waals surface area contributed by atoms with E-state index >= 15 is 0 Å². The Bertz CT molecular complexity index is 751. The minimum Gasteiger partial charge on any atom is -0.506 e. The van der Waals surface area contributed by atoms with Crippen LogP contribution in [0, 0.1) is 0 Å². The minimum atomic E-state index is -0.641. The molecule has 5 nitrogen and oxygen atoms in total. The van der Waals surface area contributed by atoms with Gasteiger partial charge in [0.05, 0.1) is 13.7 Å². The highest BCUT2D eigenvalue weighted by molar-refractivity contribution is 6.15. The molecule has 0 saturated carbocycles. The maximum Gasteiger partial charge on any atom is 0.343 e. The van der Waals surface area contributed by atoms with Crippen LogP contribution in [0.15, 0.2) is 65.2 Å². The molecule has 0 aromatic heterocycles. The second-order valence-corrected chi connectivity index (χ2v) is 4.78. The van der Waals surface area contributed by atoms with Gasteiger partial charge in [-0.15, -0.1) is 0 Å². The molecule has 2 aromatic rings. The molecule has 0 fully saturated rings. The number of ether oxygens (including phenoxy) is 2. The monoisotopic (exact) mass is 325 g/mol. The molecular formula is C19H19NO4. The molecule has 0 unspecified atom stereocenters. The largest absolute Gasteiger partial charge is 0.506 e. The number of nitrogens with zero attached hydrogens (tertiary/aromatic N) is 1. The molecule has 0 atom stereocenters. The zero-order valence-corrected chi connectivity index (χ0v) is 13.6. The van der Waals surface area contributed by atoms with Crippen molar-refractivity contribution in [3.05, 3.63) is 65.7 Å². The number of aliphatic imine (C=N–C) groups is 1. The minimum absolute atomic E-state index is 0.0195. The van der Waals surface area contributed by atoms with Gasteiger partial charge in [-0.05, 0) is 19.1 Å². The Morgan fingerprint density at radius 3 is 2.46 bits per heavy atom. The van der Waals surface area contributed by atoms with Crippen LogP contribution in [-0.2, 0) is 9.53 Å². The van der Waals surface area contributed by atoms with Crippen LogP contribution < -0.4 is 4.74 Å². The molecule has 0 bridgehead atoms. The number of esters is 1. The lowest BCUT2D eigenvalue weighted by Gasteiger charge is -2.07. The highest BCUT2D eigenvalue weighted by Crippen LogP contribution is 2.26. The summed E-state index contributed by atoms with van der Waals surface area (Å²) in [5, 5.41) is 10.4. The highest BCUT2D eigenvalue weighted by Gasteiger charge is 2.16. The van der Waals surface area contributed by atoms with E-state index in [1.807, 2.05) is 12.1 Å². The van der Waals surface area contributed by atoms with Crippen molar-refractivity contribution in [1.29, 1.82) is 0 Å². The number of hydrogen-bond donors (Lipinski definition) is 1. The fraction of sp³-hybridized carbons (Fsp3) is 0.158. The van der Waals surface area contributed by atoms with Crippen molar-refractivity contribution >= 4 is 23.6 Å². The van der Waals surface area contributed by atoms with Crippen molar-refractivity contribution in [2.45, 2.75) is 6.92 Å². The molecule has 0 aliphatic heterocycles. The number of aliphatic hydroxyl groups is 1. The molecule has 2 aromatic carbocycles. The number of rotatable bonds is 6.